The Kier molecular flexibility index (Phi) is 9.02. The molecule has 2 N–H and O–H groups in total. The van der Waals surface area contributed by atoms with Gasteiger partial charge in [-0.2, -0.15) is 0 Å². The van der Waals surface area contributed by atoms with Crippen LogP contribution in [0.15, 0.2) is 0 Å². The lowest BCUT2D eigenvalue weighted by atomic mass is 9.78. The monoisotopic (exact) mass is 227 g/mol. The number of rotatable bonds is 10. The second kappa shape index (κ2) is 9.04. The van der Waals surface area contributed by atoms with Crippen LogP contribution >= 0.6 is 0 Å². The Balaban J connectivity index is 3.71. The fourth-order valence-corrected chi connectivity index (χ4v) is 2.20. The first kappa shape index (κ1) is 16.0. The molecule has 1 atom stereocenters. The summed E-state index contributed by atoms with van der Waals surface area (Å²) in [5.74, 6) is 0. The quantitative estimate of drug-likeness (QED) is 0.528. The first-order chi connectivity index (χ1) is 7.54. The van der Waals surface area contributed by atoms with Crippen LogP contribution in [-0.4, -0.2) is 6.04 Å². The fraction of sp³-hybridized carbons (Fsp3) is 1.00. The van der Waals surface area contributed by atoms with E-state index in [1.54, 1.807) is 0 Å². The minimum Gasteiger partial charge on any atom is -0.327 e. The lowest BCUT2D eigenvalue weighted by Gasteiger charge is -2.32. The minimum absolute atomic E-state index is 0.335. The summed E-state index contributed by atoms with van der Waals surface area (Å²) in [6.45, 7) is 9.20. The molecule has 0 rings (SSSR count). The molecule has 0 aliphatic carbocycles. The summed E-state index contributed by atoms with van der Waals surface area (Å²) in [5, 5.41) is 0. The molecule has 0 aromatic heterocycles. The van der Waals surface area contributed by atoms with E-state index in [1.807, 2.05) is 0 Å². The molecular formula is C15H33N. The molecule has 0 aliphatic rings. The molecule has 0 fully saturated rings. The van der Waals surface area contributed by atoms with Gasteiger partial charge in [0, 0.05) is 6.04 Å². The molecular weight excluding hydrogens is 194 g/mol. The smallest absolute Gasteiger partial charge is 0.00902 e. The van der Waals surface area contributed by atoms with Gasteiger partial charge in [0.05, 0.1) is 0 Å². The molecule has 1 nitrogen and oxygen atoms in total. The standard InChI is InChI=1S/C15H33N/c1-5-7-9-10-12-14(16)15(3,4)13-11-8-6-2/h14H,5-13,16H2,1-4H3. The predicted molar refractivity (Wildman–Crippen MR) is 74.7 cm³/mol. The van der Waals surface area contributed by atoms with Gasteiger partial charge in [0.15, 0.2) is 0 Å². The van der Waals surface area contributed by atoms with Crippen molar-refractivity contribution in [1.29, 1.82) is 0 Å². The maximum atomic E-state index is 6.32. The van der Waals surface area contributed by atoms with E-state index < -0.39 is 0 Å². The molecule has 1 unspecified atom stereocenters. The minimum atomic E-state index is 0.335. The molecule has 0 aromatic rings. The van der Waals surface area contributed by atoms with Crippen LogP contribution in [0.25, 0.3) is 0 Å². The molecule has 0 spiro atoms. The highest BCUT2D eigenvalue weighted by atomic mass is 14.7. The van der Waals surface area contributed by atoms with E-state index in [0.717, 1.165) is 0 Å². The van der Waals surface area contributed by atoms with E-state index in [0.29, 0.717) is 11.5 Å². The van der Waals surface area contributed by atoms with E-state index >= 15 is 0 Å². The van der Waals surface area contributed by atoms with Gasteiger partial charge in [-0.3, -0.25) is 0 Å². The maximum absolute atomic E-state index is 6.32. The zero-order chi connectivity index (χ0) is 12.4. The van der Waals surface area contributed by atoms with Crippen LogP contribution in [0.5, 0.6) is 0 Å². The van der Waals surface area contributed by atoms with Crippen molar-refractivity contribution >= 4 is 0 Å². The van der Waals surface area contributed by atoms with E-state index in [9.17, 15) is 0 Å². The van der Waals surface area contributed by atoms with Crippen LogP contribution in [-0.2, 0) is 0 Å². The molecule has 1 heteroatoms. The highest BCUT2D eigenvalue weighted by molar-refractivity contribution is 4.81. The Hall–Kier alpha value is -0.0400. The zero-order valence-electron chi connectivity index (χ0n) is 12.0. The molecule has 0 saturated heterocycles. The lowest BCUT2D eigenvalue weighted by molar-refractivity contribution is 0.239. The Bertz CT molecular complexity index is 152. The normalized spacial score (nSPS) is 14.1. The van der Waals surface area contributed by atoms with Gasteiger partial charge in [-0.15, -0.1) is 0 Å². The third-order valence-electron chi connectivity index (χ3n) is 3.80. The van der Waals surface area contributed by atoms with Gasteiger partial charge in [0.2, 0.25) is 0 Å². The molecule has 0 saturated carbocycles. The SMILES string of the molecule is CCCCCCC(N)C(C)(C)CCCCC. The number of unbranched alkanes of at least 4 members (excludes halogenated alkanes) is 5. The number of hydrogen-bond acceptors (Lipinski definition) is 1. The Morgan fingerprint density at radius 3 is 2.00 bits per heavy atom. The van der Waals surface area contributed by atoms with E-state index in [1.165, 1.54) is 57.8 Å². The maximum Gasteiger partial charge on any atom is 0.00902 e. The average Bonchev–Trinajstić information content (AvgIpc) is 2.24. The summed E-state index contributed by atoms with van der Waals surface area (Å²) < 4.78 is 0. The van der Waals surface area contributed by atoms with Gasteiger partial charge >= 0.3 is 0 Å². The third kappa shape index (κ3) is 7.27. The molecule has 0 bridgehead atoms. The summed E-state index contributed by atoms with van der Waals surface area (Å²) in [6, 6.07) is 0.390. The van der Waals surface area contributed by atoms with E-state index in [2.05, 4.69) is 27.7 Å². The van der Waals surface area contributed by atoms with Crippen LogP contribution in [0.3, 0.4) is 0 Å². The van der Waals surface area contributed by atoms with Crippen LogP contribution in [0.2, 0.25) is 0 Å². The highest BCUT2D eigenvalue weighted by Crippen LogP contribution is 2.29. The van der Waals surface area contributed by atoms with Crippen molar-refractivity contribution in [3.8, 4) is 0 Å². The third-order valence-corrected chi connectivity index (χ3v) is 3.80. The van der Waals surface area contributed by atoms with Crippen molar-refractivity contribution in [2.45, 2.75) is 91.5 Å². The Labute approximate surface area is 103 Å². The number of nitrogens with two attached hydrogens (primary N) is 1. The Morgan fingerprint density at radius 1 is 0.875 bits per heavy atom. The van der Waals surface area contributed by atoms with Gasteiger partial charge < -0.3 is 5.73 Å². The molecule has 0 heterocycles. The summed E-state index contributed by atoms with van der Waals surface area (Å²) in [4.78, 5) is 0. The van der Waals surface area contributed by atoms with Crippen molar-refractivity contribution in [1.82, 2.24) is 0 Å². The van der Waals surface area contributed by atoms with Crippen molar-refractivity contribution in [2.24, 2.45) is 11.1 Å². The first-order valence-corrected chi connectivity index (χ1v) is 7.30. The summed E-state index contributed by atoms with van der Waals surface area (Å²) in [7, 11) is 0. The van der Waals surface area contributed by atoms with E-state index in [4.69, 9.17) is 5.73 Å². The van der Waals surface area contributed by atoms with Gasteiger partial charge in [0.25, 0.3) is 0 Å². The lowest BCUT2D eigenvalue weighted by Crippen LogP contribution is -2.37. The largest absolute Gasteiger partial charge is 0.327 e. The van der Waals surface area contributed by atoms with Gasteiger partial charge in [-0.1, -0.05) is 72.6 Å². The summed E-state index contributed by atoms with van der Waals surface area (Å²) in [5.41, 5.74) is 6.65. The number of hydrogen-bond donors (Lipinski definition) is 1. The molecule has 0 amide bonds. The fourth-order valence-electron chi connectivity index (χ4n) is 2.20. The van der Waals surface area contributed by atoms with Crippen LogP contribution in [0.1, 0.15) is 85.5 Å². The van der Waals surface area contributed by atoms with Gasteiger partial charge in [-0.05, 0) is 18.3 Å². The van der Waals surface area contributed by atoms with Crippen molar-refractivity contribution in [3.05, 3.63) is 0 Å². The molecule has 16 heavy (non-hydrogen) atoms. The second-order valence-corrected chi connectivity index (χ2v) is 5.90. The molecule has 98 valence electrons. The topological polar surface area (TPSA) is 26.0 Å². The van der Waals surface area contributed by atoms with Crippen molar-refractivity contribution in [3.63, 3.8) is 0 Å². The highest BCUT2D eigenvalue weighted by Gasteiger charge is 2.24. The zero-order valence-corrected chi connectivity index (χ0v) is 12.0. The van der Waals surface area contributed by atoms with E-state index in [-0.39, 0.29) is 0 Å². The molecule has 0 aromatic carbocycles. The van der Waals surface area contributed by atoms with Gasteiger partial charge in [0.1, 0.15) is 0 Å². The predicted octanol–water partition coefficient (Wildman–Crippen LogP) is 4.89. The van der Waals surface area contributed by atoms with Crippen LogP contribution in [0, 0.1) is 5.41 Å². The van der Waals surface area contributed by atoms with Crippen LogP contribution in [0.4, 0.5) is 0 Å². The summed E-state index contributed by atoms with van der Waals surface area (Å²) in [6.07, 6.45) is 11.8. The summed E-state index contributed by atoms with van der Waals surface area (Å²) >= 11 is 0. The average molecular weight is 227 g/mol. The van der Waals surface area contributed by atoms with Crippen molar-refractivity contribution in [2.75, 3.05) is 0 Å². The van der Waals surface area contributed by atoms with Crippen molar-refractivity contribution < 1.29 is 0 Å². The molecule has 0 aliphatic heterocycles. The first-order valence-electron chi connectivity index (χ1n) is 7.30. The second-order valence-electron chi connectivity index (χ2n) is 5.90. The van der Waals surface area contributed by atoms with Gasteiger partial charge in [-0.25, -0.2) is 0 Å². The van der Waals surface area contributed by atoms with Crippen LogP contribution < -0.4 is 5.73 Å². The molecule has 0 radical (unpaired) electrons. The Morgan fingerprint density at radius 2 is 1.44 bits per heavy atom.